The summed E-state index contributed by atoms with van der Waals surface area (Å²) in [5.74, 6) is -5.40. The summed E-state index contributed by atoms with van der Waals surface area (Å²) in [6.45, 7) is 3.48. The third kappa shape index (κ3) is 3.29. The second kappa shape index (κ2) is 6.42. The number of nitrogens with two attached hydrogens (primary N) is 1. The Hall–Kier alpha value is -2.71. The molecule has 0 bridgehead atoms. The molecule has 0 amide bonds. The quantitative estimate of drug-likeness (QED) is 0.627. The number of aliphatic imine (C=N–C) groups is 1. The molecule has 0 aliphatic carbocycles. The Kier molecular flexibility index (Phi) is 4.60. The van der Waals surface area contributed by atoms with E-state index >= 15 is 0 Å². The van der Waals surface area contributed by atoms with E-state index in [4.69, 9.17) is 10.2 Å². The van der Waals surface area contributed by atoms with Crippen LogP contribution in [-0.2, 0) is 12.0 Å². The van der Waals surface area contributed by atoms with Crippen LogP contribution in [0.2, 0.25) is 0 Å². The van der Waals surface area contributed by atoms with E-state index < -0.39 is 46.6 Å². The number of rotatable bonds is 4. The molecule has 3 rings (SSSR count). The Morgan fingerprint density at radius 2 is 1.96 bits per heavy atom. The van der Waals surface area contributed by atoms with E-state index in [-0.39, 0.29) is 17.7 Å². The smallest absolute Gasteiger partial charge is 0.280 e. The van der Waals surface area contributed by atoms with E-state index in [1.807, 2.05) is 0 Å². The molecule has 0 fully saturated rings. The van der Waals surface area contributed by atoms with Crippen molar-refractivity contribution in [1.29, 1.82) is 0 Å². The molecule has 1 aliphatic heterocycles. The fourth-order valence-electron chi connectivity index (χ4n) is 3.20. The van der Waals surface area contributed by atoms with Crippen LogP contribution in [0.1, 0.15) is 47.8 Å². The number of Topliss-reactive ketones (excluding diaryl/α,β-unsaturated/α-hetero) is 1. The number of hydrogen-bond acceptors (Lipinski definition) is 5. The van der Waals surface area contributed by atoms with Gasteiger partial charge in [0.05, 0.1) is 6.42 Å². The van der Waals surface area contributed by atoms with Crippen molar-refractivity contribution in [2.24, 2.45) is 10.7 Å². The zero-order valence-electron chi connectivity index (χ0n) is 15.5. The third-order valence-electron chi connectivity index (χ3n) is 4.97. The molecule has 28 heavy (non-hydrogen) atoms. The van der Waals surface area contributed by atoms with Crippen LogP contribution in [0, 0.1) is 12.7 Å². The number of carbonyl (C=O) groups is 1. The predicted molar refractivity (Wildman–Crippen MR) is 93.7 cm³/mol. The van der Waals surface area contributed by atoms with Crippen molar-refractivity contribution in [3.63, 3.8) is 0 Å². The highest BCUT2D eigenvalue weighted by Gasteiger charge is 2.60. The van der Waals surface area contributed by atoms with Gasteiger partial charge < -0.3 is 10.2 Å². The summed E-state index contributed by atoms with van der Waals surface area (Å²) in [5, 5.41) is 0. The summed E-state index contributed by atoms with van der Waals surface area (Å²) >= 11 is 0. The summed E-state index contributed by atoms with van der Waals surface area (Å²) in [6, 6.07) is 3.41. The van der Waals surface area contributed by atoms with Crippen LogP contribution >= 0.6 is 0 Å². The normalized spacial score (nSPS) is 26.8. The highest BCUT2D eigenvalue weighted by molar-refractivity contribution is 5.95. The largest absolute Gasteiger partial charge is 0.449 e. The second-order valence-electron chi connectivity index (χ2n) is 7.31. The van der Waals surface area contributed by atoms with Crippen molar-refractivity contribution < 1.29 is 26.8 Å². The van der Waals surface area contributed by atoms with Gasteiger partial charge in [-0.1, -0.05) is 6.07 Å². The van der Waals surface area contributed by atoms with Crippen molar-refractivity contribution in [2.75, 3.05) is 0 Å². The van der Waals surface area contributed by atoms with Gasteiger partial charge in [-0.15, -0.1) is 0 Å². The average molecular weight is 397 g/mol. The Morgan fingerprint density at radius 1 is 1.29 bits per heavy atom. The summed E-state index contributed by atoms with van der Waals surface area (Å²) in [4.78, 5) is 19.8. The molecular formula is C19H19F4N3O2. The van der Waals surface area contributed by atoms with Crippen LogP contribution in [0.3, 0.4) is 0 Å². The van der Waals surface area contributed by atoms with E-state index in [2.05, 4.69) is 9.98 Å². The molecule has 2 N–H and O–H groups in total. The minimum Gasteiger partial charge on any atom is -0.449 e. The molecule has 2 heterocycles. The number of carbonyl (C=O) groups excluding carboxylic acids is 1. The van der Waals surface area contributed by atoms with Crippen molar-refractivity contribution in [1.82, 2.24) is 4.98 Å². The zero-order valence-corrected chi connectivity index (χ0v) is 15.5. The first-order chi connectivity index (χ1) is 12.9. The van der Waals surface area contributed by atoms with E-state index in [1.165, 1.54) is 12.3 Å². The third-order valence-corrected chi connectivity index (χ3v) is 4.97. The number of aromatic nitrogens is 1. The van der Waals surface area contributed by atoms with Gasteiger partial charge in [-0.3, -0.25) is 9.79 Å². The number of halogens is 4. The number of nitrogens with zero attached hydrogens (tertiary/aromatic N) is 2. The molecule has 0 spiro atoms. The first-order valence-electron chi connectivity index (χ1n) is 8.52. The van der Waals surface area contributed by atoms with Gasteiger partial charge in [-0.2, -0.15) is 0 Å². The molecule has 9 heteroatoms. The zero-order chi connectivity index (χ0) is 20.9. The number of oxazole rings is 1. The van der Waals surface area contributed by atoms with Crippen molar-refractivity contribution in [3.05, 3.63) is 53.0 Å². The molecule has 1 aromatic heterocycles. The number of amidine groups is 1. The minimum absolute atomic E-state index is 0.0769. The van der Waals surface area contributed by atoms with Crippen LogP contribution in [0.5, 0.6) is 0 Å². The molecular weight excluding hydrogens is 378 g/mol. The van der Waals surface area contributed by atoms with E-state index in [1.54, 1.807) is 6.92 Å². The molecule has 2 atom stereocenters. The molecule has 5 nitrogen and oxygen atoms in total. The van der Waals surface area contributed by atoms with Gasteiger partial charge in [0, 0.05) is 18.9 Å². The number of benzene rings is 1. The Bertz CT molecular complexity index is 968. The van der Waals surface area contributed by atoms with Gasteiger partial charge in [0.15, 0.2) is 22.9 Å². The van der Waals surface area contributed by atoms with Crippen molar-refractivity contribution >= 4 is 11.6 Å². The maximum Gasteiger partial charge on any atom is 0.280 e. The first-order valence-corrected chi connectivity index (χ1v) is 8.52. The summed E-state index contributed by atoms with van der Waals surface area (Å²) in [7, 11) is 0. The lowest BCUT2D eigenvalue weighted by Gasteiger charge is -2.42. The van der Waals surface area contributed by atoms with Crippen LogP contribution in [-0.4, -0.2) is 28.2 Å². The maximum absolute atomic E-state index is 14.8. The highest BCUT2D eigenvalue weighted by Crippen LogP contribution is 2.50. The van der Waals surface area contributed by atoms with Crippen LogP contribution in [0.25, 0.3) is 0 Å². The van der Waals surface area contributed by atoms with Gasteiger partial charge in [0.25, 0.3) is 5.92 Å². The van der Waals surface area contributed by atoms with Crippen LogP contribution in [0.4, 0.5) is 17.6 Å². The standard InChI is InChI=1S/C19H19F4N3O2/c1-10-25-14(8-28-10)15(27)7-11-4-5-13(20)12(6-11)18(3)19(22,23)9-17(2,21)16(24)26-18/h4-6,8H,7,9H2,1-3H3,(H2,24,26)/t17-,18+/m0/s1. The summed E-state index contributed by atoms with van der Waals surface area (Å²) in [5.41, 5.74) is 0.527. The van der Waals surface area contributed by atoms with Gasteiger partial charge in [0.1, 0.15) is 23.6 Å². The topological polar surface area (TPSA) is 81.5 Å². The minimum atomic E-state index is -3.70. The molecule has 0 unspecified atom stereocenters. The van der Waals surface area contributed by atoms with Gasteiger partial charge in [-0.25, -0.2) is 22.5 Å². The molecule has 1 aromatic carbocycles. The fraction of sp³-hybridized carbons (Fsp3) is 0.421. The van der Waals surface area contributed by atoms with Crippen molar-refractivity contribution in [2.45, 2.75) is 50.7 Å². The monoisotopic (exact) mass is 397 g/mol. The van der Waals surface area contributed by atoms with Crippen molar-refractivity contribution in [3.8, 4) is 0 Å². The fourth-order valence-corrected chi connectivity index (χ4v) is 3.20. The summed E-state index contributed by atoms with van der Waals surface area (Å²) in [6.07, 6.45) is -0.251. The Morgan fingerprint density at radius 3 is 2.57 bits per heavy atom. The highest BCUT2D eigenvalue weighted by atomic mass is 19.3. The number of ketones is 1. The van der Waals surface area contributed by atoms with Gasteiger partial charge in [0.2, 0.25) is 0 Å². The predicted octanol–water partition coefficient (Wildman–Crippen LogP) is 3.89. The van der Waals surface area contributed by atoms with Gasteiger partial charge >= 0.3 is 0 Å². The first kappa shape index (κ1) is 20.0. The molecule has 0 radical (unpaired) electrons. The van der Waals surface area contributed by atoms with Crippen LogP contribution in [0.15, 0.2) is 33.9 Å². The molecule has 1 aliphatic rings. The lowest BCUT2D eigenvalue weighted by atomic mass is 9.77. The Labute approximate surface area is 158 Å². The lowest BCUT2D eigenvalue weighted by molar-refractivity contribution is -0.106. The average Bonchev–Trinajstić information content (AvgIpc) is 3.01. The number of alkyl halides is 3. The summed E-state index contributed by atoms with van der Waals surface area (Å²) < 4.78 is 63.3. The second-order valence-corrected chi connectivity index (χ2v) is 7.31. The maximum atomic E-state index is 14.8. The molecule has 2 aromatic rings. The number of aryl methyl sites for hydroxylation is 1. The SMILES string of the molecule is Cc1nc(C(=O)Cc2ccc(F)c([C@@]3(C)N=C(N)[C@@](C)(F)CC3(F)F)c2)co1. The van der Waals surface area contributed by atoms with E-state index in [0.29, 0.717) is 5.89 Å². The van der Waals surface area contributed by atoms with E-state index in [0.717, 1.165) is 26.0 Å². The molecule has 0 saturated heterocycles. The molecule has 150 valence electrons. The molecule has 0 saturated carbocycles. The Balaban J connectivity index is 2.01. The van der Waals surface area contributed by atoms with Gasteiger partial charge in [-0.05, 0) is 31.5 Å². The van der Waals surface area contributed by atoms with Crippen LogP contribution < -0.4 is 5.73 Å². The lowest BCUT2D eigenvalue weighted by Crippen LogP contribution is -2.56. The van der Waals surface area contributed by atoms with E-state index in [9.17, 15) is 22.4 Å². The number of hydrogen-bond donors (Lipinski definition) is 1.